The van der Waals surface area contributed by atoms with E-state index in [9.17, 15) is 0 Å². The molecule has 0 bridgehead atoms. The van der Waals surface area contributed by atoms with Crippen molar-refractivity contribution in [2.24, 2.45) is 0 Å². The first-order valence-electron chi connectivity index (χ1n) is 15.3. The Hall–Kier alpha value is -5.49. The van der Waals surface area contributed by atoms with Crippen molar-refractivity contribution < 1.29 is 0 Å². The molecule has 0 radical (unpaired) electrons. The van der Waals surface area contributed by atoms with Crippen molar-refractivity contribution in [3.63, 3.8) is 0 Å². The lowest BCUT2D eigenvalue weighted by Crippen LogP contribution is -2.00. The van der Waals surface area contributed by atoms with E-state index in [1.165, 1.54) is 61.9 Å². The van der Waals surface area contributed by atoms with Crippen LogP contribution in [0.1, 0.15) is 0 Å². The minimum Gasteiger partial charge on any atom is -0.208 e. The first kappa shape index (κ1) is 25.8. The molecule has 0 saturated heterocycles. The fourth-order valence-electron chi connectivity index (χ4n) is 6.81. The van der Waals surface area contributed by atoms with Crippen LogP contribution in [0.25, 0.3) is 96.1 Å². The molecule has 3 heterocycles. The fraction of sp³-hybridized carbons (Fsp3) is 0. The van der Waals surface area contributed by atoms with Crippen LogP contribution < -0.4 is 0 Å². The first-order valence-corrected chi connectivity index (χ1v) is 16.9. The van der Waals surface area contributed by atoms with Crippen molar-refractivity contribution in [1.82, 2.24) is 15.0 Å². The number of thiophene rings is 2. The van der Waals surface area contributed by atoms with Crippen LogP contribution in [0.3, 0.4) is 0 Å². The largest absolute Gasteiger partial charge is 0.208 e. The van der Waals surface area contributed by atoms with Gasteiger partial charge in [0.25, 0.3) is 0 Å². The van der Waals surface area contributed by atoms with Gasteiger partial charge in [-0.1, -0.05) is 115 Å². The minimum atomic E-state index is 0.671. The summed E-state index contributed by atoms with van der Waals surface area (Å²) in [6.45, 7) is 0. The second-order valence-electron chi connectivity index (χ2n) is 11.6. The van der Waals surface area contributed by atoms with E-state index in [-0.39, 0.29) is 0 Å². The van der Waals surface area contributed by atoms with Gasteiger partial charge in [-0.15, -0.1) is 22.7 Å². The highest BCUT2D eigenvalue weighted by molar-refractivity contribution is 7.27. The van der Waals surface area contributed by atoms with Gasteiger partial charge in [0.1, 0.15) is 0 Å². The summed E-state index contributed by atoms with van der Waals surface area (Å²) >= 11 is 3.65. The molecule has 0 N–H and O–H groups in total. The number of aromatic nitrogens is 3. The van der Waals surface area contributed by atoms with Crippen molar-refractivity contribution in [3.8, 4) is 34.2 Å². The summed E-state index contributed by atoms with van der Waals surface area (Å²) in [5.41, 5.74) is 3.02. The van der Waals surface area contributed by atoms with Crippen molar-refractivity contribution in [2.45, 2.75) is 0 Å². The van der Waals surface area contributed by atoms with Gasteiger partial charge in [0, 0.05) is 62.4 Å². The van der Waals surface area contributed by atoms with Gasteiger partial charge >= 0.3 is 0 Å². The highest BCUT2D eigenvalue weighted by Crippen LogP contribution is 2.46. The number of hydrogen-bond donors (Lipinski definition) is 0. The average molecular weight is 622 g/mol. The van der Waals surface area contributed by atoms with Crippen LogP contribution in [0.5, 0.6) is 0 Å². The highest BCUT2D eigenvalue weighted by atomic mass is 32.1. The van der Waals surface area contributed by atoms with Gasteiger partial charge in [-0.25, -0.2) is 15.0 Å². The van der Waals surface area contributed by atoms with E-state index < -0.39 is 0 Å². The molecule has 0 unspecified atom stereocenters. The monoisotopic (exact) mass is 621 g/mol. The van der Waals surface area contributed by atoms with Gasteiger partial charge in [0.05, 0.1) is 0 Å². The Morgan fingerprint density at radius 1 is 0.370 bits per heavy atom. The van der Waals surface area contributed by atoms with E-state index in [1.54, 1.807) is 11.3 Å². The molecule has 3 aromatic heterocycles. The molecule has 46 heavy (non-hydrogen) atoms. The molecule has 3 nitrogen and oxygen atoms in total. The van der Waals surface area contributed by atoms with Crippen LogP contribution in [-0.4, -0.2) is 15.0 Å². The molecule has 7 aromatic carbocycles. The highest BCUT2D eigenvalue weighted by Gasteiger charge is 2.21. The maximum Gasteiger partial charge on any atom is 0.165 e. The summed E-state index contributed by atoms with van der Waals surface area (Å²) in [5.74, 6) is 2.04. The molecule has 10 rings (SSSR count). The number of hydrogen-bond acceptors (Lipinski definition) is 5. The normalized spacial score (nSPS) is 11.9. The van der Waals surface area contributed by atoms with Crippen LogP contribution in [0.2, 0.25) is 0 Å². The molecule has 0 amide bonds. The number of rotatable bonds is 3. The van der Waals surface area contributed by atoms with E-state index in [4.69, 9.17) is 15.0 Å². The van der Waals surface area contributed by atoms with Crippen LogP contribution in [0.15, 0.2) is 140 Å². The quantitative estimate of drug-likeness (QED) is 0.184. The second kappa shape index (κ2) is 10.0. The van der Waals surface area contributed by atoms with Gasteiger partial charge in [-0.05, 0) is 40.4 Å². The molecule has 0 aliphatic rings. The fourth-order valence-corrected chi connectivity index (χ4v) is 9.32. The summed E-state index contributed by atoms with van der Waals surface area (Å²) in [7, 11) is 0. The number of benzene rings is 7. The van der Waals surface area contributed by atoms with Crippen molar-refractivity contribution >= 4 is 84.6 Å². The standard InChI is InChI=1S/C41H23N3S2/c1-2-12-25(13-3-1)39-42-40(31-18-10-17-29-28-15-6-8-19-33(28)45-37(29)31)44-41(43-39)32-23-26-22-21-24-11-4-5-14-27(24)35(26)38-36(32)30-16-7-9-20-34(30)46-38/h1-23H. The summed E-state index contributed by atoms with van der Waals surface area (Å²) in [6.07, 6.45) is 0. The molecule has 0 aliphatic carbocycles. The zero-order chi connectivity index (χ0) is 30.2. The van der Waals surface area contributed by atoms with Gasteiger partial charge in [-0.3, -0.25) is 0 Å². The summed E-state index contributed by atoms with van der Waals surface area (Å²) in [4.78, 5) is 15.7. The van der Waals surface area contributed by atoms with E-state index in [2.05, 4.69) is 121 Å². The predicted octanol–water partition coefficient (Wildman–Crippen LogP) is 11.9. The van der Waals surface area contributed by atoms with E-state index in [0.29, 0.717) is 17.5 Å². The lowest BCUT2D eigenvalue weighted by Gasteiger charge is -2.12. The summed E-state index contributed by atoms with van der Waals surface area (Å²) in [6, 6.07) is 49.4. The minimum absolute atomic E-state index is 0.671. The van der Waals surface area contributed by atoms with Crippen molar-refractivity contribution in [1.29, 1.82) is 0 Å². The maximum atomic E-state index is 5.31. The van der Waals surface area contributed by atoms with Gasteiger partial charge in [0.15, 0.2) is 17.5 Å². The van der Waals surface area contributed by atoms with Crippen LogP contribution >= 0.6 is 22.7 Å². The SMILES string of the molecule is c1ccc(-c2nc(-c3cccc4c3sc3ccccc34)nc(-c3cc4ccc5ccccc5c4c4sc5ccccc5c34)n2)cc1. The second-order valence-corrected chi connectivity index (χ2v) is 13.7. The van der Waals surface area contributed by atoms with Crippen molar-refractivity contribution in [2.75, 3.05) is 0 Å². The Balaban J connectivity index is 1.33. The molecule has 5 heteroatoms. The Labute approximate surface area is 272 Å². The zero-order valence-electron chi connectivity index (χ0n) is 24.4. The lowest BCUT2D eigenvalue weighted by molar-refractivity contribution is 1.08. The van der Waals surface area contributed by atoms with Crippen LogP contribution in [0.4, 0.5) is 0 Å². The molecule has 0 saturated carbocycles. The first-order chi connectivity index (χ1) is 22.8. The number of fused-ring (bicyclic) bond motifs is 10. The van der Waals surface area contributed by atoms with Gasteiger partial charge < -0.3 is 0 Å². The molecule has 0 atom stereocenters. The summed E-state index contributed by atoms with van der Waals surface area (Å²) in [5, 5.41) is 9.88. The average Bonchev–Trinajstić information content (AvgIpc) is 3.70. The molecule has 214 valence electrons. The third kappa shape index (κ3) is 3.86. The maximum absolute atomic E-state index is 5.31. The van der Waals surface area contributed by atoms with Crippen LogP contribution in [0, 0.1) is 0 Å². The molecule has 0 aliphatic heterocycles. The molecular formula is C41H23N3S2. The Bertz CT molecular complexity index is 2810. The number of nitrogens with zero attached hydrogens (tertiary/aromatic N) is 3. The van der Waals surface area contributed by atoms with Crippen LogP contribution in [-0.2, 0) is 0 Å². The summed E-state index contributed by atoms with van der Waals surface area (Å²) < 4.78 is 4.97. The van der Waals surface area contributed by atoms with Crippen molar-refractivity contribution in [3.05, 3.63) is 140 Å². The molecule has 0 fully saturated rings. The lowest BCUT2D eigenvalue weighted by atomic mass is 9.96. The topological polar surface area (TPSA) is 38.7 Å². The van der Waals surface area contributed by atoms with E-state index in [1.807, 2.05) is 29.5 Å². The third-order valence-corrected chi connectivity index (χ3v) is 11.3. The Morgan fingerprint density at radius 3 is 1.83 bits per heavy atom. The third-order valence-electron chi connectivity index (χ3n) is 8.91. The molecule has 0 spiro atoms. The Morgan fingerprint density at radius 2 is 0.978 bits per heavy atom. The van der Waals surface area contributed by atoms with Gasteiger partial charge in [0.2, 0.25) is 0 Å². The smallest absolute Gasteiger partial charge is 0.165 e. The van der Waals surface area contributed by atoms with E-state index >= 15 is 0 Å². The Kier molecular flexibility index (Phi) is 5.61. The van der Waals surface area contributed by atoms with E-state index in [0.717, 1.165) is 16.7 Å². The molecular weight excluding hydrogens is 599 g/mol. The van der Waals surface area contributed by atoms with Gasteiger partial charge in [-0.2, -0.15) is 0 Å². The molecule has 10 aromatic rings. The zero-order valence-corrected chi connectivity index (χ0v) is 26.1. The predicted molar refractivity (Wildman–Crippen MR) is 197 cm³/mol.